The van der Waals surface area contributed by atoms with Crippen LogP contribution < -0.4 is 0 Å². The molecule has 1 fully saturated rings. The van der Waals surface area contributed by atoms with Gasteiger partial charge in [-0.2, -0.15) is 0 Å². The van der Waals surface area contributed by atoms with Crippen LogP contribution in [-0.2, 0) is 20.7 Å². The van der Waals surface area contributed by atoms with E-state index in [-0.39, 0.29) is 24.0 Å². The number of carbonyl (C=O) groups is 2. The number of para-hydroxylation sites is 1. The quantitative estimate of drug-likeness (QED) is 0.330. The van der Waals surface area contributed by atoms with Gasteiger partial charge in [-0.05, 0) is 30.5 Å². The number of H-pyrrole nitrogens is 1. The van der Waals surface area contributed by atoms with Crippen molar-refractivity contribution < 1.29 is 19.2 Å². The van der Waals surface area contributed by atoms with Gasteiger partial charge in [0.2, 0.25) is 11.8 Å². The lowest BCUT2D eigenvalue weighted by molar-refractivity contribution is -0.384. The van der Waals surface area contributed by atoms with E-state index in [4.69, 9.17) is 4.74 Å². The minimum atomic E-state index is -0.663. The molecular weight excluding hydrogens is 436 g/mol. The molecule has 2 aliphatic heterocycles. The highest BCUT2D eigenvalue weighted by atomic mass is 16.6. The molecular formula is C25H26N4O5. The highest BCUT2D eigenvalue weighted by Crippen LogP contribution is 2.43. The van der Waals surface area contributed by atoms with E-state index in [1.54, 1.807) is 21.9 Å². The summed E-state index contributed by atoms with van der Waals surface area (Å²) in [5, 5.41) is 12.5. The third-order valence-corrected chi connectivity index (χ3v) is 6.66. The number of nitro groups is 1. The summed E-state index contributed by atoms with van der Waals surface area (Å²) in [5.74, 6) is -0.260. The summed E-state index contributed by atoms with van der Waals surface area (Å²) in [6, 6.07) is 12.9. The Bertz CT molecular complexity index is 1270. The first-order valence-corrected chi connectivity index (χ1v) is 11.5. The number of carbonyl (C=O) groups excluding carboxylic acids is 2. The Morgan fingerprint density at radius 3 is 2.79 bits per heavy atom. The number of aromatic nitrogens is 1. The van der Waals surface area contributed by atoms with Crippen LogP contribution in [0.4, 0.5) is 5.69 Å². The van der Waals surface area contributed by atoms with Crippen LogP contribution in [0.5, 0.6) is 0 Å². The molecule has 2 aromatic carbocycles. The van der Waals surface area contributed by atoms with Crippen molar-refractivity contribution in [1.29, 1.82) is 0 Å². The molecule has 9 heteroatoms. The lowest BCUT2D eigenvalue weighted by atomic mass is 9.86. The van der Waals surface area contributed by atoms with Gasteiger partial charge in [0.1, 0.15) is 6.04 Å². The molecule has 0 bridgehead atoms. The monoisotopic (exact) mass is 462 g/mol. The second kappa shape index (κ2) is 8.90. The van der Waals surface area contributed by atoms with Gasteiger partial charge < -0.3 is 19.5 Å². The maximum atomic E-state index is 13.6. The van der Waals surface area contributed by atoms with Gasteiger partial charge in [0, 0.05) is 54.9 Å². The minimum absolute atomic E-state index is 0.0115. The average Bonchev–Trinajstić information content (AvgIpc) is 3.22. The summed E-state index contributed by atoms with van der Waals surface area (Å²) in [4.78, 5) is 44.7. The standard InChI is InChI=1S/C25H26N4O5/c1-2-34-12-6-11-27-15-22(30)28-21(25(27)31)14-19-18-9-3-4-10-20(18)26-23(19)24(28)16-7-5-8-17(13-16)29(32)33/h3-5,7-10,13,21,24,26H,2,6,11-12,14-15H2,1H3/t21-,24+/m0/s1. The maximum Gasteiger partial charge on any atom is 0.269 e. The zero-order valence-corrected chi connectivity index (χ0v) is 18.9. The summed E-state index contributed by atoms with van der Waals surface area (Å²) in [6.45, 7) is 3.51. The molecule has 0 spiro atoms. The van der Waals surface area contributed by atoms with Crippen LogP contribution in [0.2, 0.25) is 0 Å². The highest BCUT2D eigenvalue weighted by molar-refractivity contribution is 5.97. The van der Waals surface area contributed by atoms with Crippen LogP contribution in [0.25, 0.3) is 10.9 Å². The van der Waals surface area contributed by atoms with Gasteiger partial charge in [0.25, 0.3) is 5.69 Å². The van der Waals surface area contributed by atoms with Crippen LogP contribution in [0, 0.1) is 10.1 Å². The fraction of sp³-hybridized carbons (Fsp3) is 0.360. The van der Waals surface area contributed by atoms with Gasteiger partial charge in [-0.3, -0.25) is 19.7 Å². The van der Waals surface area contributed by atoms with Gasteiger partial charge >= 0.3 is 0 Å². The number of nitrogens with one attached hydrogen (secondary N) is 1. The zero-order valence-electron chi connectivity index (χ0n) is 18.9. The summed E-state index contributed by atoms with van der Waals surface area (Å²) < 4.78 is 5.39. The van der Waals surface area contributed by atoms with Crippen LogP contribution >= 0.6 is 0 Å². The number of non-ortho nitro benzene ring substituents is 1. The molecule has 3 heterocycles. The number of nitro benzene ring substituents is 1. The Hall–Kier alpha value is -3.72. The Balaban J connectivity index is 1.59. The summed E-state index contributed by atoms with van der Waals surface area (Å²) in [7, 11) is 0. The number of benzene rings is 2. The minimum Gasteiger partial charge on any atom is -0.382 e. The first kappa shape index (κ1) is 22.1. The van der Waals surface area contributed by atoms with E-state index in [0.717, 1.165) is 22.2 Å². The van der Waals surface area contributed by atoms with Gasteiger partial charge in [0.15, 0.2) is 0 Å². The van der Waals surface area contributed by atoms with Crippen molar-refractivity contribution >= 4 is 28.4 Å². The van der Waals surface area contributed by atoms with Crippen molar-refractivity contribution in [2.75, 3.05) is 26.3 Å². The first-order valence-electron chi connectivity index (χ1n) is 11.5. The number of hydrogen-bond donors (Lipinski definition) is 1. The molecule has 2 aliphatic rings. The topological polar surface area (TPSA) is 109 Å². The number of aromatic amines is 1. The fourth-order valence-electron chi connectivity index (χ4n) is 5.17. The smallest absolute Gasteiger partial charge is 0.269 e. The van der Waals surface area contributed by atoms with Crippen molar-refractivity contribution in [1.82, 2.24) is 14.8 Å². The number of piperazine rings is 1. The molecule has 0 radical (unpaired) electrons. The van der Waals surface area contributed by atoms with Gasteiger partial charge in [0.05, 0.1) is 17.5 Å². The molecule has 0 saturated carbocycles. The molecule has 5 rings (SSSR count). The molecule has 2 amide bonds. The van der Waals surface area contributed by atoms with E-state index < -0.39 is 17.0 Å². The molecule has 34 heavy (non-hydrogen) atoms. The first-order chi connectivity index (χ1) is 16.5. The second-order valence-electron chi connectivity index (χ2n) is 8.65. The fourth-order valence-corrected chi connectivity index (χ4v) is 5.17. The highest BCUT2D eigenvalue weighted by Gasteiger charge is 2.48. The van der Waals surface area contributed by atoms with Crippen LogP contribution in [0.3, 0.4) is 0 Å². The Morgan fingerprint density at radius 2 is 2.00 bits per heavy atom. The van der Waals surface area contributed by atoms with Crippen molar-refractivity contribution in [3.05, 3.63) is 75.5 Å². The van der Waals surface area contributed by atoms with E-state index in [2.05, 4.69) is 4.98 Å². The predicted molar refractivity (Wildman–Crippen MR) is 125 cm³/mol. The van der Waals surface area contributed by atoms with E-state index in [1.165, 1.54) is 12.1 Å². The van der Waals surface area contributed by atoms with Crippen LogP contribution in [-0.4, -0.2) is 63.9 Å². The van der Waals surface area contributed by atoms with Crippen LogP contribution in [0.15, 0.2) is 48.5 Å². The molecule has 0 aliphatic carbocycles. The largest absolute Gasteiger partial charge is 0.382 e. The molecule has 1 aromatic heterocycles. The molecule has 176 valence electrons. The SMILES string of the molecule is CCOCCCN1CC(=O)N2[C@H](c3cccc([N+](=O)[O-])c3)c3[nH]c4ccccc4c3C[C@H]2C1=O. The summed E-state index contributed by atoms with van der Waals surface area (Å²) in [6.07, 6.45) is 1.06. The number of fused-ring (bicyclic) bond motifs is 4. The summed E-state index contributed by atoms with van der Waals surface area (Å²) >= 11 is 0. The third kappa shape index (κ3) is 3.71. The van der Waals surface area contributed by atoms with Gasteiger partial charge in [-0.15, -0.1) is 0 Å². The second-order valence-corrected chi connectivity index (χ2v) is 8.65. The number of hydrogen-bond acceptors (Lipinski definition) is 5. The molecule has 2 atom stereocenters. The van der Waals surface area contributed by atoms with Gasteiger partial charge in [-0.25, -0.2) is 0 Å². The zero-order chi connectivity index (χ0) is 23.8. The van der Waals surface area contributed by atoms with Crippen molar-refractivity contribution in [2.45, 2.75) is 31.8 Å². The number of amides is 2. The molecule has 0 unspecified atom stereocenters. The van der Waals surface area contributed by atoms with Crippen molar-refractivity contribution in [2.24, 2.45) is 0 Å². The lowest BCUT2D eigenvalue weighted by Crippen LogP contribution is -2.63. The number of ether oxygens (including phenoxy) is 1. The Morgan fingerprint density at radius 1 is 1.18 bits per heavy atom. The average molecular weight is 463 g/mol. The van der Waals surface area contributed by atoms with Crippen molar-refractivity contribution in [3.63, 3.8) is 0 Å². The molecule has 1 saturated heterocycles. The number of rotatable bonds is 7. The molecule has 9 nitrogen and oxygen atoms in total. The lowest BCUT2D eigenvalue weighted by Gasteiger charge is -2.47. The van der Waals surface area contributed by atoms with Crippen molar-refractivity contribution in [3.8, 4) is 0 Å². The van der Waals surface area contributed by atoms with Crippen LogP contribution in [0.1, 0.15) is 36.2 Å². The maximum absolute atomic E-state index is 13.6. The molecule has 3 aromatic rings. The summed E-state index contributed by atoms with van der Waals surface area (Å²) in [5.41, 5.74) is 3.26. The normalized spacial score (nSPS) is 19.9. The van der Waals surface area contributed by atoms with E-state index >= 15 is 0 Å². The van der Waals surface area contributed by atoms with E-state index in [0.29, 0.717) is 38.2 Å². The third-order valence-electron chi connectivity index (χ3n) is 6.66. The van der Waals surface area contributed by atoms with E-state index in [1.807, 2.05) is 31.2 Å². The number of nitrogens with zero attached hydrogens (tertiary/aromatic N) is 3. The van der Waals surface area contributed by atoms with Gasteiger partial charge in [-0.1, -0.05) is 30.3 Å². The predicted octanol–water partition coefficient (Wildman–Crippen LogP) is 3.19. The Kier molecular flexibility index (Phi) is 5.79. The Labute approximate surface area is 196 Å². The molecule has 1 N–H and O–H groups in total. The van der Waals surface area contributed by atoms with E-state index in [9.17, 15) is 19.7 Å².